The van der Waals surface area contributed by atoms with Crippen LogP contribution in [-0.2, 0) is 13.6 Å². The molecule has 0 unspecified atom stereocenters. The average molecular weight is 290 g/mol. The molecule has 0 spiro atoms. The van der Waals surface area contributed by atoms with E-state index in [0.29, 0.717) is 12.1 Å². The van der Waals surface area contributed by atoms with Gasteiger partial charge in [0.25, 0.3) is 0 Å². The number of likely N-dealkylation sites (tertiary alicyclic amines) is 1. The van der Waals surface area contributed by atoms with Gasteiger partial charge < -0.3 is 4.90 Å². The van der Waals surface area contributed by atoms with Gasteiger partial charge in [0.15, 0.2) is 0 Å². The number of nitrogens with zero attached hydrogens (tertiary/aromatic N) is 6. The van der Waals surface area contributed by atoms with E-state index in [1.165, 1.54) is 24.9 Å². The summed E-state index contributed by atoms with van der Waals surface area (Å²) < 4.78 is 1.88. The molecule has 2 aromatic rings. The lowest BCUT2D eigenvalue weighted by Gasteiger charge is -2.24. The molecule has 0 N–H and O–H groups in total. The first-order valence-corrected chi connectivity index (χ1v) is 7.93. The number of fused-ring (bicyclic) bond motifs is 1. The molecule has 0 aromatic carbocycles. The van der Waals surface area contributed by atoms with Crippen molar-refractivity contribution in [2.45, 2.75) is 31.5 Å². The summed E-state index contributed by atoms with van der Waals surface area (Å²) >= 11 is 1.65. The van der Waals surface area contributed by atoms with Crippen molar-refractivity contribution in [1.82, 2.24) is 24.9 Å². The summed E-state index contributed by atoms with van der Waals surface area (Å²) in [5.41, 5.74) is 3.13. The van der Waals surface area contributed by atoms with Gasteiger partial charge in [-0.1, -0.05) is 11.3 Å². The zero-order valence-corrected chi connectivity index (χ0v) is 12.3. The summed E-state index contributed by atoms with van der Waals surface area (Å²) in [5, 5.41) is 13.6. The summed E-state index contributed by atoms with van der Waals surface area (Å²) in [4.78, 5) is 5.05. The molecule has 2 fully saturated rings. The number of rotatable bonds is 3. The monoisotopic (exact) mass is 290 g/mol. The van der Waals surface area contributed by atoms with Crippen molar-refractivity contribution in [1.29, 1.82) is 0 Å². The van der Waals surface area contributed by atoms with E-state index in [0.717, 1.165) is 18.2 Å². The van der Waals surface area contributed by atoms with Gasteiger partial charge >= 0.3 is 0 Å². The van der Waals surface area contributed by atoms with Crippen molar-refractivity contribution in [3.63, 3.8) is 0 Å². The fourth-order valence-electron chi connectivity index (χ4n) is 3.59. The second-order valence-corrected chi connectivity index (χ2v) is 6.43. The van der Waals surface area contributed by atoms with E-state index in [1.54, 1.807) is 11.3 Å². The van der Waals surface area contributed by atoms with Crippen LogP contribution in [0, 0.1) is 0 Å². The Hall–Kier alpha value is -1.47. The zero-order chi connectivity index (χ0) is 13.5. The maximum atomic E-state index is 4.26. The standard InChI is InChI=1S/C13H18N6S/c1-17-7-10(6-15-17)8-18-4-2-12-11(18)3-5-19(12)13-16-14-9-20-13/h6-7,9,11-12H,2-5,8H2,1H3/t11-,12+/m1/s1. The molecule has 20 heavy (non-hydrogen) atoms. The van der Waals surface area contributed by atoms with E-state index in [9.17, 15) is 0 Å². The largest absolute Gasteiger partial charge is 0.342 e. The van der Waals surface area contributed by atoms with Gasteiger partial charge in [-0.25, -0.2) is 0 Å². The molecule has 0 aliphatic carbocycles. The third kappa shape index (κ3) is 2.01. The molecule has 4 heterocycles. The molecule has 0 bridgehead atoms. The Morgan fingerprint density at radius 3 is 2.95 bits per heavy atom. The molecule has 106 valence electrons. The Labute approximate surface area is 122 Å². The van der Waals surface area contributed by atoms with Crippen molar-refractivity contribution in [2.24, 2.45) is 7.05 Å². The molecule has 2 saturated heterocycles. The molecule has 0 amide bonds. The molecular formula is C13H18N6S. The molecule has 2 aliphatic heterocycles. The van der Waals surface area contributed by atoms with Crippen LogP contribution in [0.5, 0.6) is 0 Å². The molecular weight excluding hydrogens is 272 g/mol. The predicted molar refractivity (Wildman–Crippen MR) is 77.7 cm³/mol. The zero-order valence-electron chi connectivity index (χ0n) is 11.5. The summed E-state index contributed by atoms with van der Waals surface area (Å²) in [6, 6.07) is 1.26. The fourth-order valence-corrected chi connectivity index (χ4v) is 4.23. The lowest BCUT2D eigenvalue weighted by Crippen LogP contribution is -2.36. The van der Waals surface area contributed by atoms with Gasteiger partial charge in [0.2, 0.25) is 5.13 Å². The molecule has 6 nitrogen and oxygen atoms in total. The highest BCUT2D eigenvalue weighted by Gasteiger charge is 2.43. The van der Waals surface area contributed by atoms with Crippen LogP contribution in [0.25, 0.3) is 0 Å². The summed E-state index contributed by atoms with van der Waals surface area (Å²) in [7, 11) is 1.98. The van der Waals surface area contributed by atoms with Gasteiger partial charge in [-0.2, -0.15) is 5.10 Å². The average Bonchev–Trinajstić information content (AvgIpc) is 3.16. The minimum Gasteiger partial charge on any atom is -0.342 e. The molecule has 0 saturated carbocycles. The highest BCUT2D eigenvalue weighted by molar-refractivity contribution is 7.13. The number of aryl methyl sites for hydroxylation is 1. The van der Waals surface area contributed by atoms with Crippen molar-refractivity contribution in [3.8, 4) is 0 Å². The Bertz CT molecular complexity index is 579. The van der Waals surface area contributed by atoms with Gasteiger partial charge in [0.05, 0.1) is 6.20 Å². The maximum Gasteiger partial charge on any atom is 0.208 e. The topological polar surface area (TPSA) is 50.1 Å². The Balaban J connectivity index is 1.48. The van der Waals surface area contributed by atoms with Gasteiger partial charge in [-0.3, -0.25) is 9.58 Å². The Kier molecular flexibility index (Phi) is 2.96. The van der Waals surface area contributed by atoms with Crippen LogP contribution in [0.3, 0.4) is 0 Å². The van der Waals surface area contributed by atoms with Gasteiger partial charge in [0.1, 0.15) is 5.51 Å². The summed E-state index contributed by atoms with van der Waals surface area (Å²) in [6.45, 7) is 3.28. The Morgan fingerprint density at radius 1 is 1.30 bits per heavy atom. The van der Waals surface area contributed by atoms with Gasteiger partial charge in [-0.15, -0.1) is 10.2 Å². The second kappa shape index (κ2) is 4.82. The van der Waals surface area contributed by atoms with Crippen LogP contribution < -0.4 is 4.90 Å². The van der Waals surface area contributed by atoms with Crippen LogP contribution in [0.4, 0.5) is 5.13 Å². The van der Waals surface area contributed by atoms with Crippen molar-refractivity contribution in [2.75, 3.05) is 18.0 Å². The van der Waals surface area contributed by atoms with E-state index in [2.05, 4.69) is 31.3 Å². The van der Waals surface area contributed by atoms with Crippen molar-refractivity contribution < 1.29 is 0 Å². The van der Waals surface area contributed by atoms with Gasteiger partial charge in [0, 0.05) is 50.5 Å². The first kappa shape index (κ1) is 12.3. The number of hydrogen-bond donors (Lipinski definition) is 0. The Morgan fingerprint density at radius 2 is 2.20 bits per heavy atom. The van der Waals surface area contributed by atoms with E-state index in [1.807, 2.05) is 23.4 Å². The van der Waals surface area contributed by atoms with Crippen LogP contribution in [0.2, 0.25) is 0 Å². The quantitative estimate of drug-likeness (QED) is 0.848. The SMILES string of the molecule is Cn1cc(CN2CC[C@H]3[C@H]2CCN3c2nncs2)cn1. The number of hydrogen-bond acceptors (Lipinski definition) is 6. The number of aromatic nitrogens is 4. The highest BCUT2D eigenvalue weighted by atomic mass is 32.1. The lowest BCUT2D eigenvalue weighted by atomic mass is 10.1. The molecule has 2 aliphatic rings. The van der Waals surface area contributed by atoms with Crippen LogP contribution in [-0.4, -0.2) is 50.1 Å². The van der Waals surface area contributed by atoms with Crippen LogP contribution in [0.1, 0.15) is 18.4 Å². The molecule has 0 radical (unpaired) electrons. The molecule has 7 heteroatoms. The summed E-state index contributed by atoms with van der Waals surface area (Å²) in [6.07, 6.45) is 6.55. The minimum atomic E-state index is 0.611. The normalized spacial score (nSPS) is 26.4. The molecule has 2 aromatic heterocycles. The number of anilines is 1. The molecule has 2 atom stereocenters. The van der Waals surface area contributed by atoms with E-state index >= 15 is 0 Å². The molecule has 4 rings (SSSR count). The highest BCUT2D eigenvalue weighted by Crippen LogP contribution is 2.36. The first-order valence-electron chi connectivity index (χ1n) is 7.05. The third-order valence-corrected chi connectivity index (χ3v) is 5.16. The van der Waals surface area contributed by atoms with Crippen LogP contribution in [0.15, 0.2) is 17.9 Å². The predicted octanol–water partition coefficient (Wildman–Crippen LogP) is 1.12. The lowest BCUT2D eigenvalue weighted by molar-refractivity contribution is 0.246. The van der Waals surface area contributed by atoms with Crippen LogP contribution >= 0.6 is 11.3 Å². The van der Waals surface area contributed by atoms with Crippen molar-refractivity contribution in [3.05, 3.63) is 23.5 Å². The third-order valence-electron chi connectivity index (χ3n) is 4.43. The van der Waals surface area contributed by atoms with Gasteiger partial charge in [-0.05, 0) is 12.8 Å². The minimum absolute atomic E-state index is 0.611. The van der Waals surface area contributed by atoms with E-state index < -0.39 is 0 Å². The maximum absolute atomic E-state index is 4.26. The fraction of sp³-hybridized carbons (Fsp3) is 0.615. The smallest absolute Gasteiger partial charge is 0.208 e. The first-order chi connectivity index (χ1) is 9.81. The second-order valence-electron chi connectivity index (χ2n) is 5.62. The van der Waals surface area contributed by atoms with Crippen molar-refractivity contribution >= 4 is 16.5 Å². The summed E-state index contributed by atoms with van der Waals surface area (Å²) in [5.74, 6) is 0. The van der Waals surface area contributed by atoms with E-state index in [-0.39, 0.29) is 0 Å². The van der Waals surface area contributed by atoms with E-state index in [4.69, 9.17) is 0 Å².